The van der Waals surface area contributed by atoms with Crippen LogP contribution in [0.1, 0.15) is 27.7 Å². The first-order valence-corrected chi connectivity index (χ1v) is 11.0. The zero-order chi connectivity index (χ0) is 19.8. The highest BCUT2D eigenvalue weighted by Gasteiger charge is 2.65. The Hall–Kier alpha value is -1.48. The Balaban J connectivity index is 3.13. The zero-order valence-corrected chi connectivity index (χ0v) is 17.1. The molecule has 1 rings (SSSR count). The van der Waals surface area contributed by atoms with Gasteiger partial charge in [0.1, 0.15) is 0 Å². The summed E-state index contributed by atoms with van der Waals surface area (Å²) in [7, 11) is -0.311. The van der Waals surface area contributed by atoms with Crippen molar-refractivity contribution in [3.63, 3.8) is 0 Å². The average Bonchev–Trinajstić information content (AvgIpc) is 2.48. The van der Waals surface area contributed by atoms with E-state index in [0.717, 1.165) is 14.2 Å². The molecule has 1 fully saturated rings. The second-order valence-corrected chi connectivity index (χ2v) is 12.5. The van der Waals surface area contributed by atoms with E-state index in [4.69, 9.17) is 4.43 Å². The lowest BCUT2D eigenvalue weighted by atomic mass is 9.76. The van der Waals surface area contributed by atoms with Gasteiger partial charge in [-0.3, -0.25) is 4.79 Å². The van der Waals surface area contributed by atoms with Crippen molar-refractivity contribution in [2.45, 2.75) is 63.6 Å². The summed E-state index contributed by atoms with van der Waals surface area (Å²) in [6.07, 6.45) is -0.677. The molecule has 7 nitrogen and oxygen atoms in total. The maximum atomic E-state index is 15.3. The molecule has 0 bridgehead atoms. The molecule has 1 heterocycles. The van der Waals surface area contributed by atoms with Crippen LogP contribution < -0.4 is 5.32 Å². The molecule has 1 unspecified atom stereocenters. The quantitative estimate of drug-likeness (QED) is 0.327. The first kappa shape index (κ1) is 21.6. The van der Waals surface area contributed by atoms with Crippen molar-refractivity contribution in [2.75, 3.05) is 14.2 Å². The molecule has 0 spiro atoms. The van der Waals surface area contributed by atoms with Crippen LogP contribution in [-0.4, -0.2) is 58.2 Å². The van der Waals surface area contributed by atoms with Crippen LogP contribution in [0.5, 0.6) is 0 Å². The lowest BCUT2D eigenvalue weighted by Crippen LogP contribution is -2.74. The number of ether oxygens (including phenoxy) is 2. The molecule has 1 amide bonds. The molecule has 0 aromatic rings. The van der Waals surface area contributed by atoms with Crippen LogP contribution in [0.15, 0.2) is 0 Å². The Morgan fingerprint density at radius 1 is 1.16 bits per heavy atom. The molecule has 0 aromatic heterocycles. The van der Waals surface area contributed by atoms with Crippen LogP contribution in [-0.2, 0) is 28.3 Å². The van der Waals surface area contributed by atoms with Crippen molar-refractivity contribution in [2.24, 2.45) is 5.92 Å². The minimum Gasteiger partial charge on any atom is -0.466 e. The normalized spacial score (nSPS) is 22.5. The summed E-state index contributed by atoms with van der Waals surface area (Å²) in [6.45, 7) is 11.7. The van der Waals surface area contributed by atoms with E-state index in [-0.39, 0.29) is 5.04 Å². The molecule has 25 heavy (non-hydrogen) atoms. The number of esters is 2. The number of alkyl halides is 1. The van der Waals surface area contributed by atoms with Crippen LogP contribution in [0.25, 0.3) is 0 Å². The molecule has 144 valence electrons. The Kier molecular flexibility index (Phi) is 6.06. The molecular weight excluding hydrogens is 349 g/mol. The van der Waals surface area contributed by atoms with Gasteiger partial charge in [-0.15, -0.1) is 0 Å². The average molecular weight is 377 g/mol. The Bertz CT molecular complexity index is 543. The molecule has 3 atom stereocenters. The largest absolute Gasteiger partial charge is 0.466 e. The number of nitrogens with one attached hydrogen (secondary N) is 1. The lowest BCUT2D eigenvalue weighted by Gasteiger charge is -2.47. The third-order valence-electron chi connectivity index (χ3n) is 5.15. The molecule has 1 saturated heterocycles. The highest BCUT2D eigenvalue weighted by Crippen LogP contribution is 2.40. The number of methoxy groups -OCH3 is 2. The monoisotopic (exact) mass is 377 g/mol. The van der Waals surface area contributed by atoms with Gasteiger partial charge in [0.15, 0.2) is 8.32 Å². The smallest absolute Gasteiger partial charge is 0.357 e. The number of carbonyl (C=O) groups is 3. The third-order valence-corrected chi connectivity index (χ3v) is 9.72. The predicted octanol–water partition coefficient (Wildman–Crippen LogP) is 1.57. The molecule has 0 aliphatic carbocycles. The maximum absolute atomic E-state index is 15.3. The van der Waals surface area contributed by atoms with Gasteiger partial charge in [-0.05, 0) is 25.1 Å². The third kappa shape index (κ3) is 3.71. The second-order valence-electron chi connectivity index (χ2n) is 7.79. The predicted molar refractivity (Wildman–Crippen MR) is 91.0 cm³/mol. The SMILES string of the molecule is COC(=O)C(F)(C(=O)OC)[C@H]1NC(=O)[C@@H]1C(C)O[Si](C)(C)C(C)(C)C. The minimum atomic E-state index is -3.12. The number of rotatable bonds is 6. The molecule has 0 radical (unpaired) electrons. The first-order chi connectivity index (χ1) is 11.2. The van der Waals surface area contributed by atoms with Crippen LogP contribution >= 0.6 is 0 Å². The van der Waals surface area contributed by atoms with Crippen molar-refractivity contribution < 1.29 is 32.7 Å². The highest BCUT2D eigenvalue weighted by atomic mass is 28.4. The van der Waals surface area contributed by atoms with Crippen LogP contribution in [0.2, 0.25) is 18.1 Å². The fraction of sp³-hybridized carbons (Fsp3) is 0.812. The standard InChI is InChI=1S/C16H28FNO6Si/c1-9(24-25(7,8)15(2,3)4)10-11(18-12(10)19)16(17,13(20)22-5)14(21)23-6/h9-11H,1-8H3,(H,18,19)/t9?,10-,11+/m1/s1. The Morgan fingerprint density at radius 2 is 1.60 bits per heavy atom. The second kappa shape index (κ2) is 7.03. The van der Waals surface area contributed by atoms with Crippen molar-refractivity contribution in [1.82, 2.24) is 5.32 Å². The summed E-state index contributed by atoms with van der Waals surface area (Å²) in [5.41, 5.74) is -3.12. The van der Waals surface area contributed by atoms with Gasteiger partial charge in [0, 0.05) is 0 Å². The number of hydrogen-bond acceptors (Lipinski definition) is 6. The van der Waals surface area contributed by atoms with Gasteiger partial charge < -0.3 is 19.2 Å². The van der Waals surface area contributed by atoms with Crippen LogP contribution in [0, 0.1) is 5.92 Å². The Labute approximate surface area is 148 Å². The van der Waals surface area contributed by atoms with Gasteiger partial charge in [-0.2, -0.15) is 0 Å². The van der Waals surface area contributed by atoms with Crippen LogP contribution in [0.3, 0.4) is 0 Å². The molecule has 9 heteroatoms. The maximum Gasteiger partial charge on any atom is 0.357 e. The summed E-state index contributed by atoms with van der Waals surface area (Å²) in [4.78, 5) is 35.9. The molecular formula is C16H28FNO6Si. The number of hydrogen-bond donors (Lipinski definition) is 1. The topological polar surface area (TPSA) is 90.9 Å². The van der Waals surface area contributed by atoms with Gasteiger partial charge in [0.05, 0.1) is 32.3 Å². The van der Waals surface area contributed by atoms with E-state index in [1.54, 1.807) is 6.92 Å². The molecule has 1 aliphatic heterocycles. The number of β-lactam (4-membered cyclic amide) rings is 1. The van der Waals surface area contributed by atoms with Crippen LogP contribution in [0.4, 0.5) is 4.39 Å². The van der Waals surface area contributed by atoms with Gasteiger partial charge in [0.25, 0.3) is 0 Å². The Morgan fingerprint density at radius 3 is 1.92 bits per heavy atom. The van der Waals surface area contributed by atoms with Gasteiger partial charge in [-0.1, -0.05) is 20.8 Å². The summed E-state index contributed by atoms with van der Waals surface area (Å²) < 4.78 is 30.2. The van der Waals surface area contributed by atoms with Crippen molar-refractivity contribution >= 4 is 26.2 Å². The summed E-state index contributed by atoms with van der Waals surface area (Å²) in [6, 6.07) is -1.40. The van der Waals surface area contributed by atoms with Gasteiger partial charge in [-0.25, -0.2) is 14.0 Å². The van der Waals surface area contributed by atoms with Gasteiger partial charge >= 0.3 is 17.6 Å². The zero-order valence-electron chi connectivity index (χ0n) is 16.1. The highest BCUT2D eigenvalue weighted by molar-refractivity contribution is 6.74. The van der Waals surface area contributed by atoms with E-state index in [9.17, 15) is 14.4 Å². The number of halogens is 1. The van der Waals surface area contributed by atoms with E-state index in [1.165, 1.54) is 0 Å². The van der Waals surface area contributed by atoms with Gasteiger partial charge in [0.2, 0.25) is 5.91 Å². The van der Waals surface area contributed by atoms with E-state index in [0.29, 0.717) is 0 Å². The fourth-order valence-corrected chi connectivity index (χ4v) is 4.00. The molecule has 1 aliphatic rings. The van der Waals surface area contributed by atoms with E-state index < -0.39 is 49.9 Å². The summed E-state index contributed by atoms with van der Waals surface area (Å²) in [5.74, 6) is -4.30. The molecule has 1 N–H and O–H groups in total. The first-order valence-electron chi connectivity index (χ1n) is 8.08. The minimum absolute atomic E-state index is 0.117. The van der Waals surface area contributed by atoms with E-state index in [2.05, 4.69) is 14.8 Å². The molecule has 0 aromatic carbocycles. The van der Waals surface area contributed by atoms with E-state index in [1.807, 2.05) is 33.9 Å². The summed E-state index contributed by atoms with van der Waals surface area (Å²) >= 11 is 0. The lowest BCUT2D eigenvalue weighted by molar-refractivity contribution is -0.182. The van der Waals surface area contributed by atoms with Crippen molar-refractivity contribution in [3.8, 4) is 0 Å². The number of carbonyl (C=O) groups excluding carboxylic acids is 3. The number of amides is 1. The summed E-state index contributed by atoms with van der Waals surface area (Å²) in [5, 5.41) is 2.17. The van der Waals surface area contributed by atoms with Crippen molar-refractivity contribution in [1.29, 1.82) is 0 Å². The molecule has 0 saturated carbocycles. The van der Waals surface area contributed by atoms with E-state index >= 15 is 4.39 Å². The van der Waals surface area contributed by atoms with Crippen molar-refractivity contribution in [3.05, 3.63) is 0 Å². The fourth-order valence-electron chi connectivity index (χ4n) is 2.57.